The first-order chi connectivity index (χ1) is 26.1. The Labute approximate surface area is 325 Å². The molecule has 9 atom stereocenters. The highest BCUT2D eigenvalue weighted by atomic mass is 16.7. The number of allylic oxidation sites excluding steroid dienone is 4. The van der Waals surface area contributed by atoms with E-state index < -0.39 is 106 Å². The number of carbonyl (C=O) groups excluding carboxylic acids is 7. The zero-order valence-corrected chi connectivity index (χ0v) is 33.3. The number of fused-ring (bicyclic) bond motifs is 14. The molecule has 0 aromatic heterocycles. The van der Waals surface area contributed by atoms with Crippen molar-refractivity contribution in [3.05, 3.63) is 70.2 Å². The van der Waals surface area contributed by atoms with Crippen LogP contribution in [-0.2, 0) is 38.1 Å². The van der Waals surface area contributed by atoms with Gasteiger partial charge in [0.05, 0.1) is 40.9 Å². The van der Waals surface area contributed by atoms with Crippen molar-refractivity contribution in [3.8, 4) is 11.5 Å². The molecule has 0 fully saturated rings. The first kappa shape index (κ1) is 43.3. The summed E-state index contributed by atoms with van der Waals surface area (Å²) in [6, 6.07) is 0. The summed E-state index contributed by atoms with van der Waals surface area (Å²) in [5, 5.41) is 14.2. The fourth-order valence-corrected chi connectivity index (χ4v) is 7.27. The monoisotopic (exact) mass is 779 g/mol. The quantitative estimate of drug-likeness (QED) is 0.321. The first-order valence-corrected chi connectivity index (χ1v) is 18.1. The number of Topliss-reactive ketones (excluding diaryl/α,β-unsaturated/α-hetero) is 2. The Hall–Kier alpha value is -5.41. The molecule has 56 heavy (non-hydrogen) atoms. The van der Waals surface area contributed by atoms with Gasteiger partial charge in [-0.25, -0.2) is 0 Å². The molecule has 5 bridgehead atoms. The summed E-state index contributed by atoms with van der Waals surface area (Å²) in [4.78, 5) is 92.2. The number of hydrogen-bond donors (Lipinski definition) is 2. The van der Waals surface area contributed by atoms with Crippen LogP contribution >= 0.6 is 0 Å². The second kappa shape index (κ2) is 17.2. The van der Waals surface area contributed by atoms with Gasteiger partial charge in [-0.15, -0.1) is 0 Å². The average Bonchev–Trinajstić information content (AvgIpc) is 3.38. The SMILES string of the molecule is CO[C@H]1/C=C/O[C@@]2(C)Oc3c(C)c(OC(C)=O)c4c(c3C2=O)C(=O)C=C(NC(=O)/C(C)=C\C=C\[C@@H](C)[C@@H](OC(C)=O)[C@@H](C)[C@@H](O)[C@@H](C)[C@H](OC(C)=O)[C@H]1C)C4=O. The molecule has 1 aromatic carbocycles. The molecule has 3 heterocycles. The van der Waals surface area contributed by atoms with Crippen LogP contribution < -0.4 is 14.8 Å². The number of aliphatic hydroxyl groups is 1. The van der Waals surface area contributed by atoms with E-state index in [1.807, 2.05) is 0 Å². The van der Waals surface area contributed by atoms with Gasteiger partial charge < -0.3 is 38.8 Å². The number of amides is 1. The Morgan fingerprint density at radius 1 is 0.839 bits per heavy atom. The molecule has 1 aromatic rings. The number of nitrogens with one attached hydrogen (secondary N) is 1. The minimum atomic E-state index is -2.09. The summed E-state index contributed by atoms with van der Waals surface area (Å²) < 4.78 is 34.5. The van der Waals surface area contributed by atoms with Gasteiger partial charge in [-0.05, 0) is 19.9 Å². The number of esters is 3. The fraction of sp³-hybridized carbons (Fsp3) is 0.488. The molecule has 302 valence electrons. The summed E-state index contributed by atoms with van der Waals surface area (Å²) in [5.74, 6) is -10.5. The van der Waals surface area contributed by atoms with Crippen LogP contribution in [0.25, 0.3) is 0 Å². The zero-order valence-electron chi connectivity index (χ0n) is 33.3. The fourth-order valence-electron chi connectivity index (χ4n) is 7.27. The number of rotatable bonds is 4. The molecule has 0 unspecified atom stereocenters. The van der Waals surface area contributed by atoms with Gasteiger partial charge in [0.15, 0.2) is 5.78 Å². The zero-order chi connectivity index (χ0) is 42.0. The van der Waals surface area contributed by atoms with E-state index in [-0.39, 0.29) is 33.8 Å². The van der Waals surface area contributed by atoms with E-state index >= 15 is 0 Å². The van der Waals surface area contributed by atoms with Crippen LogP contribution in [0.5, 0.6) is 11.5 Å². The third-order valence-corrected chi connectivity index (χ3v) is 10.3. The van der Waals surface area contributed by atoms with Crippen LogP contribution in [0.15, 0.2) is 47.9 Å². The van der Waals surface area contributed by atoms with E-state index in [1.54, 1.807) is 39.8 Å². The number of benzene rings is 1. The summed E-state index contributed by atoms with van der Waals surface area (Å²) >= 11 is 0. The highest BCUT2D eigenvalue weighted by Gasteiger charge is 2.52. The van der Waals surface area contributed by atoms with Gasteiger partial charge in [0, 0.05) is 75.7 Å². The van der Waals surface area contributed by atoms with Crippen LogP contribution in [0, 0.1) is 30.6 Å². The van der Waals surface area contributed by atoms with Crippen molar-refractivity contribution in [2.75, 3.05) is 7.11 Å². The Kier molecular flexibility index (Phi) is 13.3. The molecule has 1 aliphatic carbocycles. The molecule has 4 aliphatic rings. The molecule has 1 amide bonds. The maximum Gasteiger partial charge on any atom is 0.312 e. The van der Waals surface area contributed by atoms with Crippen LogP contribution in [0.4, 0.5) is 0 Å². The molecule has 0 saturated heterocycles. The van der Waals surface area contributed by atoms with Crippen molar-refractivity contribution in [1.82, 2.24) is 5.32 Å². The Balaban J connectivity index is 1.90. The normalized spacial score (nSPS) is 31.8. The summed E-state index contributed by atoms with van der Waals surface area (Å²) in [7, 11) is 1.41. The molecule has 0 saturated carbocycles. The lowest BCUT2D eigenvalue weighted by Crippen LogP contribution is -2.47. The van der Waals surface area contributed by atoms with E-state index in [2.05, 4.69) is 5.32 Å². The molecule has 0 radical (unpaired) electrons. The van der Waals surface area contributed by atoms with E-state index in [0.717, 1.165) is 19.3 Å². The van der Waals surface area contributed by atoms with E-state index in [1.165, 1.54) is 53.9 Å². The van der Waals surface area contributed by atoms with Crippen molar-refractivity contribution >= 4 is 41.2 Å². The van der Waals surface area contributed by atoms with E-state index in [0.29, 0.717) is 0 Å². The maximum absolute atomic E-state index is 14.1. The third-order valence-electron chi connectivity index (χ3n) is 10.3. The van der Waals surface area contributed by atoms with Gasteiger partial charge in [0.1, 0.15) is 23.7 Å². The van der Waals surface area contributed by atoms with Crippen molar-refractivity contribution in [2.24, 2.45) is 23.7 Å². The van der Waals surface area contributed by atoms with Gasteiger partial charge in [0.2, 0.25) is 5.78 Å². The standard InChI is InChI=1S/C41H49NO14/c1-18-13-12-14-19(2)40(50)42-27-17-28(46)30-31(34(27)48)37(55-26(9)45)23(6)38-32(30)39(49)41(10,56-38)52-16-15-29(51-11)20(3)36(54-25(8)44)22(5)33(47)21(4)35(18)53-24(7)43/h12-18,20-22,29,33,35-36,47H,1-11H3,(H,42,50)/b13-12+,16-15+,19-14-/t18-,20+,21+,22-,29+,33-,35-,36-,41+/m1/s1. The second-order valence-corrected chi connectivity index (χ2v) is 14.5. The largest absolute Gasteiger partial charge is 0.462 e. The maximum atomic E-state index is 14.1. The number of aliphatic hydroxyl groups excluding tert-OH is 1. The van der Waals surface area contributed by atoms with Gasteiger partial charge >= 0.3 is 23.7 Å². The van der Waals surface area contributed by atoms with Crippen molar-refractivity contribution in [2.45, 2.75) is 99.4 Å². The molecular weight excluding hydrogens is 730 g/mol. The number of ketones is 3. The van der Waals surface area contributed by atoms with Crippen molar-refractivity contribution in [3.63, 3.8) is 0 Å². The number of methoxy groups -OCH3 is 1. The van der Waals surface area contributed by atoms with Crippen LogP contribution in [-0.4, -0.2) is 83.6 Å². The minimum Gasteiger partial charge on any atom is -0.462 e. The lowest BCUT2D eigenvalue weighted by molar-refractivity contribution is -0.164. The second-order valence-electron chi connectivity index (χ2n) is 14.5. The van der Waals surface area contributed by atoms with Gasteiger partial charge in [0.25, 0.3) is 11.7 Å². The number of ether oxygens (including phenoxy) is 6. The summed E-state index contributed by atoms with van der Waals surface area (Å²) in [5.41, 5.74) is -1.33. The predicted molar refractivity (Wildman–Crippen MR) is 198 cm³/mol. The third kappa shape index (κ3) is 8.68. The number of hydrogen-bond acceptors (Lipinski definition) is 14. The van der Waals surface area contributed by atoms with Gasteiger partial charge in [-0.3, -0.25) is 33.6 Å². The van der Waals surface area contributed by atoms with E-state index in [9.17, 15) is 38.7 Å². The highest BCUT2D eigenvalue weighted by Crippen LogP contribution is 2.48. The van der Waals surface area contributed by atoms with E-state index in [4.69, 9.17) is 28.4 Å². The highest BCUT2D eigenvalue weighted by molar-refractivity contribution is 6.31. The van der Waals surface area contributed by atoms with Gasteiger partial charge in [-0.1, -0.05) is 45.9 Å². The molecule has 3 aliphatic heterocycles. The molecule has 2 N–H and O–H groups in total. The predicted octanol–water partition coefficient (Wildman–Crippen LogP) is 4.42. The van der Waals surface area contributed by atoms with Crippen LogP contribution in [0.2, 0.25) is 0 Å². The smallest absolute Gasteiger partial charge is 0.312 e. The van der Waals surface area contributed by atoms with Crippen molar-refractivity contribution in [1.29, 1.82) is 0 Å². The summed E-state index contributed by atoms with van der Waals surface area (Å²) in [6.07, 6.45) is 4.32. The Morgan fingerprint density at radius 2 is 1.45 bits per heavy atom. The topological polar surface area (TPSA) is 207 Å². The van der Waals surface area contributed by atoms with Crippen LogP contribution in [0.1, 0.15) is 99.0 Å². The lowest BCUT2D eigenvalue weighted by Gasteiger charge is -2.38. The van der Waals surface area contributed by atoms with Crippen molar-refractivity contribution < 1.29 is 67.1 Å². The molecule has 0 spiro atoms. The molecule has 15 heteroatoms. The average molecular weight is 780 g/mol. The lowest BCUT2D eigenvalue weighted by atomic mass is 9.78. The van der Waals surface area contributed by atoms with Crippen LogP contribution in [0.3, 0.4) is 0 Å². The number of carbonyl (C=O) groups is 7. The molecule has 5 rings (SSSR count). The Bertz CT molecular complexity index is 1960. The molecule has 15 nitrogen and oxygen atoms in total. The Morgan fingerprint density at radius 3 is 2.04 bits per heavy atom. The minimum absolute atomic E-state index is 0.0506. The first-order valence-electron chi connectivity index (χ1n) is 18.1. The summed E-state index contributed by atoms with van der Waals surface area (Å²) in [6.45, 7) is 14.7. The van der Waals surface area contributed by atoms with Gasteiger partial charge in [-0.2, -0.15) is 0 Å². The molecular formula is C41H49NO14.